The molecule has 0 saturated carbocycles. The number of carbonyl (C=O) groups is 1. The lowest BCUT2D eigenvalue weighted by Gasteiger charge is -2.12. The summed E-state index contributed by atoms with van der Waals surface area (Å²) in [7, 11) is 0. The van der Waals surface area contributed by atoms with Gasteiger partial charge in [0.05, 0.1) is 28.4 Å². The molecule has 27 heavy (non-hydrogen) atoms. The van der Waals surface area contributed by atoms with Gasteiger partial charge in [-0.3, -0.25) is 14.9 Å². The molecule has 0 bridgehead atoms. The molecule has 4 aromatic rings. The first kappa shape index (κ1) is 17.2. The molecular formula is C19H17N5O2S. The topological polar surface area (TPSA) is 92.7 Å². The van der Waals surface area contributed by atoms with Crippen molar-refractivity contribution in [2.24, 2.45) is 5.92 Å². The van der Waals surface area contributed by atoms with Gasteiger partial charge >= 0.3 is 0 Å². The molecule has 0 aliphatic carbocycles. The standard InChI is InChI=1S/C19H17N5O2S/c1-12(18(26)22-19-20-13-5-2-3-6-14(13)21-19)11-24-17(25)9-8-15(23-24)16-7-4-10-27-16/h2-10,12H,11H2,1H3,(H2,20,21,22,26)/t12-/m1/s1. The summed E-state index contributed by atoms with van der Waals surface area (Å²) in [6.45, 7) is 1.94. The smallest absolute Gasteiger partial charge is 0.266 e. The molecule has 2 N–H and O–H groups in total. The van der Waals surface area contributed by atoms with Crippen LogP contribution in [0.25, 0.3) is 21.6 Å². The van der Waals surface area contributed by atoms with Gasteiger partial charge in [-0.15, -0.1) is 11.3 Å². The minimum atomic E-state index is -0.456. The van der Waals surface area contributed by atoms with Crippen molar-refractivity contribution in [1.82, 2.24) is 19.7 Å². The Bertz CT molecular complexity index is 1110. The third-order valence-electron chi connectivity index (χ3n) is 4.17. The fourth-order valence-electron chi connectivity index (χ4n) is 2.73. The maximum Gasteiger partial charge on any atom is 0.266 e. The van der Waals surface area contributed by atoms with Crippen LogP contribution in [0.15, 0.2) is 58.7 Å². The van der Waals surface area contributed by atoms with E-state index in [4.69, 9.17) is 0 Å². The Hall–Kier alpha value is -3.26. The molecule has 0 aliphatic heterocycles. The molecule has 3 aromatic heterocycles. The number of rotatable bonds is 5. The molecule has 136 valence electrons. The fraction of sp³-hybridized carbons (Fsp3) is 0.158. The van der Waals surface area contributed by atoms with Gasteiger partial charge in [-0.1, -0.05) is 25.1 Å². The summed E-state index contributed by atoms with van der Waals surface area (Å²) in [6.07, 6.45) is 0. The van der Waals surface area contributed by atoms with Gasteiger partial charge in [-0.2, -0.15) is 5.10 Å². The molecule has 0 aliphatic rings. The van der Waals surface area contributed by atoms with Gasteiger partial charge in [0.1, 0.15) is 5.69 Å². The number of fused-ring (bicyclic) bond motifs is 1. The first-order valence-electron chi connectivity index (χ1n) is 8.48. The fourth-order valence-corrected chi connectivity index (χ4v) is 3.42. The molecule has 1 atom stereocenters. The summed E-state index contributed by atoms with van der Waals surface area (Å²) < 4.78 is 1.33. The molecular weight excluding hydrogens is 362 g/mol. The SMILES string of the molecule is C[C@H](Cn1nc(-c2cccs2)ccc1=O)C(=O)Nc1nc2ccccc2[nH]1. The second-order valence-electron chi connectivity index (χ2n) is 6.21. The molecule has 4 rings (SSSR count). The van der Waals surface area contributed by atoms with Crippen molar-refractivity contribution in [2.45, 2.75) is 13.5 Å². The van der Waals surface area contributed by atoms with Crippen molar-refractivity contribution in [1.29, 1.82) is 0 Å². The number of nitrogens with zero attached hydrogens (tertiary/aromatic N) is 3. The number of aromatic nitrogens is 4. The lowest BCUT2D eigenvalue weighted by molar-refractivity contribution is -0.119. The number of benzene rings is 1. The molecule has 8 heteroatoms. The highest BCUT2D eigenvalue weighted by Gasteiger charge is 2.17. The molecule has 0 spiro atoms. The van der Waals surface area contributed by atoms with Crippen LogP contribution >= 0.6 is 11.3 Å². The Kier molecular flexibility index (Phi) is 4.55. The highest BCUT2D eigenvalue weighted by molar-refractivity contribution is 7.13. The summed E-state index contributed by atoms with van der Waals surface area (Å²) in [5.74, 6) is -0.299. The first-order valence-corrected chi connectivity index (χ1v) is 9.36. The number of anilines is 1. The van der Waals surface area contributed by atoms with E-state index in [1.54, 1.807) is 24.3 Å². The van der Waals surface area contributed by atoms with Crippen LogP contribution in [-0.4, -0.2) is 25.7 Å². The van der Waals surface area contributed by atoms with Crippen LogP contribution in [0.2, 0.25) is 0 Å². The average Bonchev–Trinajstić information content (AvgIpc) is 3.32. The third kappa shape index (κ3) is 3.65. The van der Waals surface area contributed by atoms with Crippen molar-refractivity contribution in [2.75, 3.05) is 5.32 Å². The molecule has 0 radical (unpaired) electrons. The van der Waals surface area contributed by atoms with E-state index in [1.807, 2.05) is 41.8 Å². The minimum absolute atomic E-state index is 0.185. The van der Waals surface area contributed by atoms with Gasteiger partial charge in [-0.05, 0) is 29.6 Å². The zero-order chi connectivity index (χ0) is 18.8. The van der Waals surface area contributed by atoms with Crippen LogP contribution in [0.3, 0.4) is 0 Å². The van der Waals surface area contributed by atoms with Crippen molar-refractivity contribution >= 4 is 34.2 Å². The number of hydrogen-bond acceptors (Lipinski definition) is 5. The van der Waals surface area contributed by atoms with E-state index in [2.05, 4.69) is 20.4 Å². The van der Waals surface area contributed by atoms with Gasteiger partial charge < -0.3 is 4.98 Å². The lowest BCUT2D eigenvalue weighted by atomic mass is 10.1. The summed E-state index contributed by atoms with van der Waals surface area (Å²) in [5.41, 5.74) is 2.11. The Morgan fingerprint density at radius 3 is 2.85 bits per heavy atom. The maximum absolute atomic E-state index is 12.5. The van der Waals surface area contributed by atoms with Gasteiger partial charge in [0.25, 0.3) is 5.56 Å². The second-order valence-corrected chi connectivity index (χ2v) is 7.16. The number of carbonyl (C=O) groups excluding carboxylic acids is 1. The number of imidazole rings is 1. The normalized spacial score (nSPS) is 12.2. The highest BCUT2D eigenvalue weighted by Crippen LogP contribution is 2.21. The van der Waals surface area contributed by atoms with E-state index < -0.39 is 5.92 Å². The molecule has 1 aromatic carbocycles. The Morgan fingerprint density at radius 1 is 1.22 bits per heavy atom. The zero-order valence-electron chi connectivity index (χ0n) is 14.5. The minimum Gasteiger partial charge on any atom is -0.324 e. The molecule has 0 fully saturated rings. The molecule has 0 unspecified atom stereocenters. The van der Waals surface area contributed by atoms with E-state index in [-0.39, 0.29) is 18.0 Å². The Morgan fingerprint density at radius 2 is 2.07 bits per heavy atom. The number of nitrogens with one attached hydrogen (secondary N) is 2. The monoisotopic (exact) mass is 379 g/mol. The molecule has 0 saturated heterocycles. The van der Waals surface area contributed by atoms with E-state index in [0.717, 1.165) is 21.6 Å². The number of hydrogen-bond donors (Lipinski definition) is 2. The van der Waals surface area contributed by atoms with E-state index in [9.17, 15) is 9.59 Å². The zero-order valence-corrected chi connectivity index (χ0v) is 15.4. The largest absolute Gasteiger partial charge is 0.324 e. The second kappa shape index (κ2) is 7.16. The maximum atomic E-state index is 12.5. The van der Waals surface area contributed by atoms with Crippen LogP contribution in [0.4, 0.5) is 5.95 Å². The molecule has 1 amide bonds. The first-order chi connectivity index (χ1) is 13.1. The van der Waals surface area contributed by atoms with E-state index >= 15 is 0 Å². The quantitative estimate of drug-likeness (QED) is 0.557. The van der Waals surface area contributed by atoms with Gasteiger partial charge in [0.2, 0.25) is 11.9 Å². The third-order valence-corrected chi connectivity index (χ3v) is 5.06. The van der Waals surface area contributed by atoms with E-state index in [1.165, 1.54) is 10.7 Å². The predicted octanol–water partition coefficient (Wildman–Crippen LogP) is 3.12. The number of thiophene rings is 1. The summed E-state index contributed by atoms with van der Waals surface area (Å²) >= 11 is 1.55. The van der Waals surface area contributed by atoms with Crippen molar-refractivity contribution in [3.63, 3.8) is 0 Å². The number of para-hydroxylation sites is 2. The van der Waals surface area contributed by atoms with Crippen molar-refractivity contribution in [3.8, 4) is 10.6 Å². The summed E-state index contributed by atoms with van der Waals surface area (Å²) in [4.78, 5) is 33.0. The van der Waals surface area contributed by atoms with E-state index in [0.29, 0.717) is 5.95 Å². The lowest BCUT2D eigenvalue weighted by Crippen LogP contribution is -2.31. The predicted molar refractivity (Wildman–Crippen MR) is 106 cm³/mol. The Balaban J connectivity index is 1.49. The van der Waals surface area contributed by atoms with Crippen LogP contribution in [-0.2, 0) is 11.3 Å². The Labute approximate surface area is 158 Å². The molecule has 3 heterocycles. The number of amides is 1. The number of H-pyrrole nitrogens is 1. The van der Waals surface area contributed by atoms with Crippen LogP contribution in [0, 0.1) is 5.92 Å². The summed E-state index contributed by atoms with van der Waals surface area (Å²) in [5, 5.41) is 9.11. The van der Waals surface area contributed by atoms with Crippen molar-refractivity contribution in [3.05, 3.63) is 64.3 Å². The van der Waals surface area contributed by atoms with Crippen LogP contribution in [0.5, 0.6) is 0 Å². The van der Waals surface area contributed by atoms with Crippen molar-refractivity contribution < 1.29 is 4.79 Å². The van der Waals surface area contributed by atoms with Crippen LogP contribution < -0.4 is 10.9 Å². The van der Waals surface area contributed by atoms with Gasteiger partial charge in [0.15, 0.2) is 0 Å². The van der Waals surface area contributed by atoms with Gasteiger partial charge in [0, 0.05) is 6.07 Å². The average molecular weight is 379 g/mol. The summed E-state index contributed by atoms with van der Waals surface area (Å²) in [6, 6.07) is 14.6. The van der Waals surface area contributed by atoms with Gasteiger partial charge in [-0.25, -0.2) is 9.67 Å². The highest BCUT2D eigenvalue weighted by atomic mass is 32.1. The molecule has 7 nitrogen and oxygen atoms in total. The van der Waals surface area contributed by atoms with Crippen LogP contribution in [0.1, 0.15) is 6.92 Å². The number of aromatic amines is 1.